The Balaban J connectivity index is 1.17. The number of hydrogen-bond acceptors (Lipinski definition) is 1. The number of ether oxygens (including phenoxy) is 1. The first-order valence-electron chi connectivity index (χ1n) is 16.5. The van der Waals surface area contributed by atoms with Gasteiger partial charge in [0, 0.05) is 5.56 Å². The summed E-state index contributed by atoms with van der Waals surface area (Å²) in [6, 6.07) is 15.8. The van der Waals surface area contributed by atoms with E-state index in [1.807, 2.05) is 31.2 Å². The lowest BCUT2D eigenvalue weighted by atomic mass is 9.68. The molecule has 2 fully saturated rings. The standard InChI is InChI=1S/C38H47F3O/c1-3-5-6-7-26-8-10-27(11-9-26)28-12-16-30(17-13-28)33-21-20-32(25-35(33)39)29-14-18-31(19-15-29)34-22-23-36(42-24-4-2)38(41)37(34)40/h14-15,18-23,25-28,30H,3-13,16-17,24H2,1-2H3. The zero-order valence-corrected chi connectivity index (χ0v) is 25.4. The fourth-order valence-corrected chi connectivity index (χ4v) is 7.49. The van der Waals surface area contributed by atoms with Crippen molar-refractivity contribution in [3.05, 3.63) is 77.6 Å². The van der Waals surface area contributed by atoms with Gasteiger partial charge < -0.3 is 4.74 Å². The number of hydrogen-bond donors (Lipinski definition) is 0. The van der Waals surface area contributed by atoms with Crippen molar-refractivity contribution in [1.29, 1.82) is 0 Å². The summed E-state index contributed by atoms with van der Waals surface area (Å²) in [7, 11) is 0. The Morgan fingerprint density at radius 2 is 1.29 bits per heavy atom. The molecule has 0 heterocycles. The van der Waals surface area contributed by atoms with E-state index in [0.29, 0.717) is 24.5 Å². The van der Waals surface area contributed by atoms with E-state index >= 15 is 4.39 Å². The van der Waals surface area contributed by atoms with Gasteiger partial charge in [-0.25, -0.2) is 8.78 Å². The van der Waals surface area contributed by atoms with E-state index in [-0.39, 0.29) is 17.1 Å². The molecule has 1 nitrogen and oxygen atoms in total. The first-order valence-corrected chi connectivity index (χ1v) is 16.5. The van der Waals surface area contributed by atoms with Gasteiger partial charge in [-0.15, -0.1) is 0 Å². The zero-order valence-electron chi connectivity index (χ0n) is 25.4. The first-order chi connectivity index (χ1) is 20.5. The van der Waals surface area contributed by atoms with Crippen LogP contribution in [0, 0.1) is 35.2 Å². The third kappa shape index (κ3) is 7.24. The van der Waals surface area contributed by atoms with E-state index in [1.54, 1.807) is 24.3 Å². The summed E-state index contributed by atoms with van der Waals surface area (Å²) < 4.78 is 50.0. The van der Waals surface area contributed by atoms with Crippen LogP contribution in [0.2, 0.25) is 0 Å². The average Bonchev–Trinajstić information content (AvgIpc) is 3.02. The highest BCUT2D eigenvalue weighted by Crippen LogP contribution is 2.45. The van der Waals surface area contributed by atoms with Gasteiger partial charge in [0.15, 0.2) is 11.6 Å². The van der Waals surface area contributed by atoms with E-state index in [1.165, 1.54) is 70.3 Å². The Hall–Kier alpha value is -2.75. The van der Waals surface area contributed by atoms with Gasteiger partial charge in [0.25, 0.3) is 0 Å². The number of benzene rings is 3. The summed E-state index contributed by atoms with van der Waals surface area (Å²) in [5, 5.41) is 0. The molecule has 0 aliphatic heterocycles. The molecule has 5 rings (SSSR count). The molecule has 0 saturated heterocycles. The Morgan fingerprint density at radius 1 is 0.643 bits per heavy atom. The lowest BCUT2D eigenvalue weighted by molar-refractivity contribution is 0.155. The molecule has 226 valence electrons. The summed E-state index contributed by atoms with van der Waals surface area (Å²) >= 11 is 0. The summed E-state index contributed by atoms with van der Waals surface area (Å²) in [5.74, 6) is 0.846. The van der Waals surface area contributed by atoms with Crippen LogP contribution in [0.1, 0.15) is 109 Å². The van der Waals surface area contributed by atoms with Crippen LogP contribution in [0.25, 0.3) is 22.3 Å². The van der Waals surface area contributed by atoms with Gasteiger partial charge in [-0.3, -0.25) is 0 Å². The molecule has 2 aliphatic carbocycles. The molecule has 0 aromatic heterocycles. The summed E-state index contributed by atoms with van der Waals surface area (Å²) in [4.78, 5) is 0. The highest BCUT2D eigenvalue weighted by atomic mass is 19.2. The molecule has 3 aromatic rings. The summed E-state index contributed by atoms with van der Waals surface area (Å²) in [5.41, 5.74) is 3.23. The Labute approximate surface area is 250 Å². The van der Waals surface area contributed by atoms with E-state index in [9.17, 15) is 8.78 Å². The molecule has 2 saturated carbocycles. The van der Waals surface area contributed by atoms with Crippen molar-refractivity contribution in [3.8, 4) is 28.0 Å². The van der Waals surface area contributed by atoms with Gasteiger partial charge >= 0.3 is 0 Å². The number of halogens is 3. The van der Waals surface area contributed by atoms with E-state index in [0.717, 1.165) is 47.3 Å². The van der Waals surface area contributed by atoms with E-state index in [4.69, 9.17) is 4.74 Å². The second kappa shape index (κ2) is 14.6. The predicted molar refractivity (Wildman–Crippen MR) is 167 cm³/mol. The van der Waals surface area contributed by atoms with Gasteiger partial charge in [-0.05, 0) is 109 Å². The van der Waals surface area contributed by atoms with Crippen molar-refractivity contribution in [2.45, 2.75) is 103 Å². The number of rotatable bonds is 11. The van der Waals surface area contributed by atoms with Crippen LogP contribution < -0.4 is 4.74 Å². The van der Waals surface area contributed by atoms with Gasteiger partial charge in [0.2, 0.25) is 5.82 Å². The third-order valence-electron chi connectivity index (χ3n) is 10.0. The van der Waals surface area contributed by atoms with Crippen LogP contribution in [0.15, 0.2) is 54.6 Å². The fourth-order valence-electron chi connectivity index (χ4n) is 7.49. The van der Waals surface area contributed by atoms with Crippen LogP contribution in [-0.4, -0.2) is 6.61 Å². The average molecular weight is 577 g/mol. The van der Waals surface area contributed by atoms with Crippen molar-refractivity contribution in [3.63, 3.8) is 0 Å². The van der Waals surface area contributed by atoms with Crippen molar-refractivity contribution >= 4 is 0 Å². The molecular weight excluding hydrogens is 529 g/mol. The highest BCUT2D eigenvalue weighted by Gasteiger charge is 2.32. The maximum atomic E-state index is 15.4. The second-order valence-corrected chi connectivity index (χ2v) is 12.8. The molecule has 0 spiro atoms. The van der Waals surface area contributed by atoms with Crippen molar-refractivity contribution in [2.75, 3.05) is 6.61 Å². The molecule has 42 heavy (non-hydrogen) atoms. The molecule has 0 N–H and O–H groups in total. The molecule has 0 radical (unpaired) electrons. The third-order valence-corrected chi connectivity index (χ3v) is 10.0. The van der Waals surface area contributed by atoms with Gasteiger partial charge in [0.1, 0.15) is 5.82 Å². The monoisotopic (exact) mass is 576 g/mol. The van der Waals surface area contributed by atoms with Crippen LogP contribution in [-0.2, 0) is 0 Å². The van der Waals surface area contributed by atoms with Crippen LogP contribution in [0.4, 0.5) is 13.2 Å². The molecule has 0 bridgehead atoms. The molecule has 3 aromatic carbocycles. The first kappa shape index (κ1) is 30.7. The normalized spacial score (nSPS) is 22.7. The lowest BCUT2D eigenvalue weighted by Crippen LogP contribution is -2.25. The minimum atomic E-state index is -0.970. The van der Waals surface area contributed by atoms with E-state index < -0.39 is 11.6 Å². The molecular formula is C38H47F3O. The summed E-state index contributed by atoms with van der Waals surface area (Å²) in [6.07, 6.45) is 16.5. The van der Waals surface area contributed by atoms with Crippen molar-refractivity contribution in [2.24, 2.45) is 17.8 Å². The SMILES string of the molecule is CCCCCC1CCC(C2CCC(c3ccc(-c4ccc(-c5ccc(OCCC)c(F)c5F)cc4)cc3F)CC2)CC1. The topological polar surface area (TPSA) is 9.23 Å². The van der Waals surface area contributed by atoms with Crippen molar-refractivity contribution in [1.82, 2.24) is 0 Å². The van der Waals surface area contributed by atoms with Gasteiger partial charge in [0.05, 0.1) is 6.61 Å². The highest BCUT2D eigenvalue weighted by molar-refractivity contribution is 5.71. The molecule has 0 atom stereocenters. The minimum Gasteiger partial charge on any atom is -0.490 e. The maximum absolute atomic E-state index is 15.4. The largest absolute Gasteiger partial charge is 0.490 e. The quantitative estimate of drug-likeness (QED) is 0.206. The second-order valence-electron chi connectivity index (χ2n) is 12.8. The number of unbranched alkanes of at least 4 members (excludes halogenated alkanes) is 2. The van der Waals surface area contributed by atoms with Gasteiger partial charge in [-0.1, -0.05) is 88.8 Å². The molecule has 2 aliphatic rings. The summed E-state index contributed by atoms with van der Waals surface area (Å²) in [6.45, 7) is 4.53. The van der Waals surface area contributed by atoms with Crippen LogP contribution in [0.3, 0.4) is 0 Å². The minimum absolute atomic E-state index is 0.0703. The maximum Gasteiger partial charge on any atom is 0.201 e. The molecule has 0 unspecified atom stereocenters. The van der Waals surface area contributed by atoms with E-state index in [2.05, 4.69) is 6.92 Å². The Kier molecular flexibility index (Phi) is 10.7. The predicted octanol–water partition coefficient (Wildman–Crippen LogP) is 11.9. The molecule has 4 heteroatoms. The van der Waals surface area contributed by atoms with Gasteiger partial charge in [-0.2, -0.15) is 4.39 Å². The van der Waals surface area contributed by atoms with Crippen LogP contribution >= 0.6 is 0 Å². The fraction of sp³-hybridized carbons (Fsp3) is 0.526. The smallest absolute Gasteiger partial charge is 0.201 e. The lowest BCUT2D eigenvalue weighted by Gasteiger charge is -2.38. The Bertz CT molecular complexity index is 1280. The Morgan fingerprint density at radius 3 is 1.93 bits per heavy atom. The molecule has 0 amide bonds. The van der Waals surface area contributed by atoms with Crippen LogP contribution in [0.5, 0.6) is 5.75 Å². The van der Waals surface area contributed by atoms with Crippen molar-refractivity contribution < 1.29 is 17.9 Å². The zero-order chi connectivity index (χ0) is 29.5.